The maximum Gasteiger partial charge on any atom is 0.277 e. The average molecular weight is 466 g/mol. The number of thioether (sulfide) groups is 1. The average Bonchev–Trinajstić information content (AvgIpc) is 3.19. The number of rotatable bonds is 11. The fraction of sp³-hybridized carbons (Fsp3) is 0.286. The molecule has 0 radical (unpaired) electrons. The zero-order chi connectivity index (χ0) is 21.2. The summed E-state index contributed by atoms with van der Waals surface area (Å²) in [6, 6.07) is 15.1. The van der Waals surface area contributed by atoms with Crippen LogP contribution in [0.4, 0.5) is 0 Å². The highest BCUT2D eigenvalue weighted by molar-refractivity contribution is 7.99. The van der Waals surface area contributed by atoms with E-state index < -0.39 is 0 Å². The van der Waals surface area contributed by atoms with Crippen molar-refractivity contribution in [2.45, 2.75) is 24.5 Å². The molecule has 3 aromatic rings. The van der Waals surface area contributed by atoms with Crippen LogP contribution in [-0.4, -0.2) is 35.0 Å². The van der Waals surface area contributed by atoms with E-state index in [9.17, 15) is 4.79 Å². The molecular formula is C21H21Cl2N3O3S. The first-order valence-electron chi connectivity index (χ1n) is 9.44. The van der Waals surface area contributed by atoms with Gasteiger partial charge in [0.15, 0.2) is 0 Å². The molecule has 0 atom stereocenters. The number of carbonyl (C=O) groups excluding carboxylic acids is 1. The maximum absolute atomic E-state index is 12.0. The molecule has 3 rings (SSSR count). The van der Waals surface area contributed by atoms with Crippen molar-refractivity contribution in [3.8, 4) is 5.75 Å². The third-order valence-corrected chi connectivity index (χ3v) is 5.39. The molecule has 0 saturated heterocycles. The van der Waals surface area contributed by atoms with E-state index in [-0.39, 0.29) is 11.7 Å². The summed E-state index contributed by atoms with van der Waals surface area (Å²) in [4.78, 5) is 12.0. The quantitative estimate of drug-likeness (QED) is 0.322. The van der Waals surface area contributed by atoms with Gasteiger partial charge in [-0.2, -0.15) is 0 Å². The highest BCUT2D eigenvalue weighted by Gasteiger charge is 2.10. The van der Waals surface area contributed by atoms with Crippen molar-refractivity contribution in [1.29, 1.82) is 0 Å². The lowest BCUT2D eigenvalue weighted by Gasteiger charge is -2.07. The second kappa shape index (κ2) is 11.8. The molecule has 0 aliphatic carbocycles. The smallest absolute Gasteiger partial charge is 0.277 e. The largest absolute Gasteiger partial charge is 0.492 e. The number of hydrogen-bond donors (Lipinski definition) is 1. The van der Waals surface area contributed by atoms with E-state index >= 15 is 0 Å². The molecule has 0 unspecified atom stereocenters. The van der Waals surface area contributed by atoms with Gasteiger partial charge in [0.2, 0.25) is 11.8 Å². The van der Waals surface area contributed by atoms with Gasteiger partial charge in [-0.15, -0.1) is 10.2 Å². The van der Waals surface area contributed by atoms with Crippen LogP contribution in [0.2, 0.25) is 10.0 Å². The zero-order valence-electron chi connectivity index (χ0n) is 16.1. The number of nitrogens with one attached hydrogen (secondary N) is 1. The highest BCUT2D eigenvalue weighted by atomic mass is 35.5. The minimum atomic E-state index is -0.0658. The van der Waals surface area contributed by atoms with Crippen LogP contribution in [0.5, 0.6) is 5.75 Å². The van der Waals surface area contributed by atoms with E-state index in [0.717, 1.165) is 6.42 Å². The van der Waals surface area contributed by atoms with Crippen molar-refractivity contribution in [1.82, 2.24) is 15.5 Å². The predicted octanol–water partition coefficient (Wildman–Crippen LogP) is 4.84. The van der Waals surface area contributed by atoms with Crippen LogP contribution >= 0.6 is 35.0 Å². The molecule has 1 N–H and O–H groups in total. The minimum absolute atomic E-state index is 0.0658. The van der Waals surface area contributed by atoms with Gasteiger partial charge in [-0.3, -0.25) is 4.79 Å². The Bertz CT molecular complexity index is 954. The van der Waals surface area contributed by atoms with Gasteiger partial charge in [-0.05, 0) is 36.6 Å². The number of halogens is 2. The van der Waals surface area contributed by atoms with E-state index in [1.54, 1.807) is 18.2 Å². The second-order valence-corrected chi connectivity index (χ2v) is 8.13. The molecule has 9 heteroatoms. The van der Waals surface area contributed by atoms with E-state index in [1.165, 1.54) is 17.3 Å². The molecule has 1 amide bonds. The Morgan fingerprint density at radius 2 is 1.93 bits per heavy atom. The molecule has 1 heterocycles. The topological polar surface area (TPSA) is 77.2 Å². The summed E-state index contributed by atoms with van der Waals surface area (Å²) < 4.78 is 11.2. The van der Waals surface area contributed by atoms with Crippen LogP contribution in [0.25, 0.3) is 0 Å². The molecule has 6 nitrogen and oxygen atoms in total. The van der Waals surface area contributed by atoms with Gasteiger partial charge >= 0.3 is 0 Å². The van der Waals surface area contributed by atoms with Gasteiger partial charge in [0.25, 0.3) is 5.22 Å². The maximum atomic E-state index is 12.0. The number of benzene rings is 2. The molecule has 0 aliphatic heterocycles. The molecule has 158 valence electrons. The Labute approximate surface area is 189 Å². The standard InChI is InChI=1S/C21H21Cl2N3O3S/c22-16-8-9-18(17(23)13-16)28-12-4-7-20-25-26-21(29-20)30-14-19(27)24-11-10-15-5-2-1-3-6-15/h1-3,5-6,8-9,13H,4,7,10-12,14H2,(H,24,27). The Morgan fingerprint density at radius 1 is 1.10 bits per heavy atom. The van der Waals surface area contributed by atoms with Gasteiger partial charge in [-0.1, -0.05) is 65.3 Å². The molecule has 2 aromatic carbocycles. The summed E-state index contributed by atoms with van der Waals surface area (Å²) in [5, 5.41) is 12.3. The van der Waals surface area contributed by atoms with E-state index in [4.69, 9.17) is 32.4 Å². The first-order chi connectivity index (χ1) is 14.6. The minimum Gasteiger partial charge on any atom is -0.492 e. The normalized spacial score (nSPS) is 10.7. The molecular weight excluding hydrogens is 445 g/mol. The lowest BCUT2D eigenvalue weighted by molar-refractivity contribution is -0.118. The van der Waals surface area contributed by atoms with Crippen molar-refractivity contribution in [3.05, 3.63) is 70.0 Å². The molecule has 30 heavy (non-hydrogen) atoms. The zero-order valence-corrected chi connectivity index (χ0v) is 18.5. The molecule has 0 fully saturated rings. The van der Waals surface area contributed by atoms with Crippen LogP contribution in [-0.2, 0) is 17.6 Å². The molecule has 1 aromatic heterocycles. The van der Waals surface area contributed by atoms with Crippen LogP contribution in [0.3, 0.4) is 0 Å². The molecule has 0 aliphatic rings. The third-order valence-electron chi connectivity index (χ3n) is 4.04. The van der Waals surface area contributed by atoms with E-state index in [0.29, 0.717) is 52.9 Å². The third kappa shape index (κ3) is 7.55. The fourth-order valence-electron chi connectivity index (χ4n) is 2.56. The monoisotopic (exact) mass is 465 g/mol. The Morgan fingerprint density at radius 3 is 2.73 bits per heavy atom. The lowest BCUT2D eigenvalue weighted by Crippen LogP contribution is -2.27. The Balaban J connectivity index is 1.31. The second-order valence-electron chi connectivity index (χ2n) is 6.36. The lowest BCUT2D eigenvalue weighted by atomic mass is 10.1. The molecule has 0 spiro atoms. The summed E-state index contributed by atoms with van der Waals surface area (Å²) >= 11 is 13.1. The summed E-state index contributed by atoms with van der Waals surface area (Å²) in [6.07, 6.45) is 2.05. The number of nitrogens with zero attached hydrogens (tertiary/aromatic N) is 2. The first kappa shape index (κ1) is 22.5. The van der Waals surface area contributed by atoms with E-state index in [1.807, 2.05) is 30.3 Å². The van der Waals surface area contributed by atoms with Crippen molar-refractivity contribution >= 4 is 40.9 Å². The fourth-order valence-corrected chi connectivity index (χ4v) is 3.64. The van der Waals surface area contributed by atoms with Gasteiger partial charge in [0, 0.05) is 18.0 Å². The van der Waals surface area contributed by atoms with Crippen molar-refractivity contribution in [3.63, 3.8) is 0 Å². The summed E-state index contributed by atoms with van der Waals surface area (Å²) in [7, 11) is 0. The predicted molar refractivity (Wildman–Crippen MR) is 118 cm³/mol. The van der Waals surface area contributed by atoms with Gasteiger partial charge < -0.3 is 14.5 Å². The summed E-state index contributed by atoms with van der Waals surface area (Å²) in [5.41, 5.74) is 1.19. The SMILES string of the molecule is O=C(CSc1nnc(CCCOc2ccc(Cl)cc2Cl)o1)NCCc1ccccc1. The Kier molecular flexibility index (Phi) is 8.86. The highest BCUT2D eigenvalue weighted by Crippen LogP contribution is 2.27. The summed E-state index contributed by atoms with van der Waals surface area (Å²) in [6.45, 7) is 1.05. The van der Waals surface area contributed by atoms with Gasteiger partial charge in [0.05, 0.1) is 17.4 Å². The molecule has 0 saturated carbocycles. The van der Waals surface area contributed by atoms with Crippen LogP contribution in [0, 0.1) is 0 Å². The van der Waals surface area contributed by atoms with Crippen molar-refractivity contribution in [2.24, 2.45) is 0 Å². The number of carbonyl (C=O) groups is 1. The number of amides is 1. The van der Waals surface area contributed by atoms with Gasteiger partial charge in [-0.25, -0.2) is 0 Å². The number of aromatic nitrogens is 2. The van der Waals surface area contributed by atoms with Crippen molar-refractivity contribution < 1.29 is 13.9 Å². The molecule has 0 bridgehead atoms. The summed E-state index contributed by atoms with van der Waals surface area (Å²) in [5.74, 6) is 1.26. The first-order valence-corrected chi connectivity index (χ1v) is 11.2. The van der Waals surface area contributed by atoms with E-state index in [2.05, 4.69) is 15.5 Å². The van der Waals surface area contributed by atoms with Crippen LogP contribution in [0.15, 0.2) is 58.2 Å². The van der Waals surface area contributed by atoms with Crippen LogP contribution in [0.1, 0.15) is 17.9 Å². The number of ether oxygens (including phenoxy) is 1. The van der Waals surface area contributed by atoms with Crippen LogP contribution < -0.4 is 10.1 Å². The number of hydrogen-bond acceptors (Lipinski definition) is 6. The van der Waals surface area contributed by atoms with Gasteiger partial charge in [0.1, 0.15) is 5.75 Å². The Hall–Kier alpha value is -2.22. The number of aryl methyl sites for hydroxylation is 1. The van der Waals surface area contributed by atoms with Crippen molar-refractivity contribution in [2.75, 3.05) is 18.9 Å².